The first-order valence-corrected chi connectivity index (χ1v) is 7.64. The smallest absolute Gasteiger partial charge is 0.132 e. The number of halogens is 1. The van der Waals surface area contributed by atoms with Crippen molar-refractivity contribution in [2.24, 2.45) is 0 Å². The van der Waals surface area contributed by atoms with Gasteiger partial charge >= 0.3 is 0 Å². The summed E-state index contributed by atoms with van der Waals surface area (Å²) < 4.78 is 26.3. The molecule has 0 aliphatic carbocycles. The van der Waals surface area contributed by atoms with Crippen molar-refractivity contribution < 1.29 is 13.9 Å². The first-order valence-electron chi connectivity index (χ1n) is 6.82. The Labute approximate surface area is 121 Å². The minimum atomic E-state index is -0.164. The van der Waals surface area contributed by atoms with Crippen LogP contribution >= 0.6 is 11.3 Å². The lowest BCUT2D eigenvalue weighted by atomic mass is 10.1. The first kappa shape index (κ1) is 13.9. The molecule has 3 rings (SSSR count). The summed E-state index contributed by atoms with van der Waals surface area (Å²) in [6.07, 6.45) is 1.06. The first-order chi connectivity index (χ1) is 9.79. The molecule has 1 N–H and O–H groups in total. The van der Waals surface area contributed by atoms with Crippen molar-refractivity contribution in [2.45, 2.75) is 25.7 Å². The van der Waals surface area contributed by atoms with Crippen molar-refractivity contribution in [3.05, 3.63) is 34.5 Å². The Hall–Kier alpha value is -1.01. The average molecular weight is 295 g/mol. The third kappa shape index (κ3) is 2.72. The molecule has 1 atom stereocenters. The Kier molecular flexibility index (Phi) is 4.31. The van der Waals surface area contributed by atoms with Crippen LogP contribution in [0, 0.1) is 5.82 Å². The molecule has 1 aromatic carbocycles. The maximum absolute atomic E-state index is 14.1. The minimum absolute atomic E-state index is 0.138. The van der Waals surface area contributed by atoms with Crippen molar-refractivity contribution in [3.63, 3.8) is 0 Å². The van der Waals surface area contributed by atoms with Gasteiger partial charge in [0.05, 0.1) is 19.3 Å². The van der Waals surface area contributed by atoms with Gasteiger partial charge in [0.1, 0.15) is 5.82 Å². The molecule has 1 saturated heterocycles. The summed E-state index contributed by atoms with van der Waals surface area (Å²) in [6.45, 7) is 2.59. The molecule has 0 spiro atoms. The number of hydrogen-bond acceptors (Lipinski definition) is 4. The number of nitrogens with one attached hydrogen (secondary N) is 1. The van der Waals surface area contributed by atoms with Gasteiger partial charge < -0.3 is 14.8 Å². The molecule has 0 bridgehead atoms. The number of fused-ring (bicyclic) bond motifs is 1. The van der Waals surface area contributed by atoms with Crippen LogP contribution in [0.4, 0.5) is 4.39 Å². The number of hydrogen-bond donors (Lipinski definition) is 1. The Morgan fingerprint density at radius 3 is 3.15 bits per heavy atom. The summed E-state index contributed by atoms with van der Waals surface area (Å²) in [6, 6.07) is 5.23. The number of rotatable bonds is 5. The maximum atomic E-state index is 14.1. The summed E-state index contributed by atoms with van der Waals surface area (Å²) in [4.78, 5) is 1.14. The van der Waals surface area contributed by atoms with E-state index in [0.29, 0.717) is 18.6 Å². The van der Waals surface area contributed by atoms with Crippen LogP contribution in [0.5, 0.6) is 0 Å². The van der Waals surface area contributed by atoms with Crippen molar-refractivity contribution >= 4 is 21.4 Å². The Balaban J connectivity index is 1.90. The molecular formula is C15H18FNO2S. The summed E-state index contributed by atoms with van der Waals surface area (Å²) in [5, 5.41) is 3.85. The highest BCUT2D eigenvalue weighted by Crippen LogP contribution is 2.34. The highest BCUT2D eigenvalue weighted by atomic mass is 32.1. The zero-order valence-corrected chi connectivity index (χ0v) is 12.3. The summed E-state index contributed by atoms with van der Waals surface area (Å²) in [5.74, 6) is -0.164. The van der Waals surface area contributed by atoms with E-state index in [9.17, 15) is 4.39 Å². The van der Waals surface area contributed by atoms with Crippen LogP contribution in [0.3, 0.4) is 0 Å². The molecule has 1 aliphatic heterocycles. The second-order valence-corrected chi connectivity index (χ2v) is 6.08. The molecule has 1 aliphatic rings. The van der Waals surface area contributed by atoms with E-state index in [0.717, 1.165) is 34.7 Å². The second kappa shape index (κ2) is 6.18. The lowest BCUT2D eigenvalue weighted by Crippen LogP contribution is -2.13. The third-order valence-corrected chi connectivity index (χ3v) is 4.73. The molecule has 0 radical (unpaired) electrons. The van der Waals surface area contributed by atoms with Gasteiger partial charge in [-0.05, 0) is 25.6 Å². The fraction of sp³-hybridized carbons (Fsp3) is 0.467. The molecule has 1 unspecified atom stereocenters. The molecule has 20 heavy (non-hydrogen) atoms. The number of benzene rings is 1. The van der Waals surface area contributed by atoms with Gasteiger partial charge in [-0.25, -0.2) is 4.39 Å². The van der Waals surface area contributed by atoms with Gasteiger partial charge in [0.15, 0.2) is 0 Å². The number of ether oxygens (including phenoxy) is 2. The normalized spacial score (nSPS) is 19.0. The second-order valence-electron chi connectivity index (χ2n) is 4.94. The van der Waals surface area contributed by atoms with Gasteiger partial charge in [-0.1, -0.05) is 6.07 Å². The van der Waals surface area contributed by atoms with Gasteiger partial charge in [0, 0.05) is 33.7 Å². The van der Waals surface area contributed by atoms with Crippen LogP contribution < -0.4 is 5.32 Å². The number of thiophene rings is 1. The fourth-order valence-corrected chi connectivity index (χ4v) is 3.75. The van der Waals surface area contributed by atoms with E-state index in [1.165, 1.54) is 6.07 Å². The van der Waals surface area contributed by atoms with Crippen molar-refractivity contribution in [3.8, 4) is 0 Å². The molecule has 0 amide bonds. The zero-order valence-electron chi connectivity index (χ0n) is 11.4. The van der Waals surface area contributed by atoms with E-state index >= 15 is 0 Å². The highest BCUT2D eigenvalue weighted by molar-refractivity contribution is 7.19. The van der Waals surface area contributed by atoms with E-state index in [1.54, 1.807) is 17.4 Å². The Morgan fingerprint density at radius 1 is 1.50 bits per heavy atom. The van der Waals surface area contributed by atoms with Gasteiger partial charge in [-0.15, -0.1) is 11.3 Å². The quantitative estimate of drug-likeness (QED) is 0.919. The molecule has 1 fully saturated rings. The van der Waals surface area contributed by atoms with Gasteiger partial charge in [-0.2, -0.15) is 0 Å². The molecule has 1 aromatic heterocycles. The predicted octanol–water partition coefficient (Wildman–Crippen LogP) is 3.07. The third-order valence-electron chi connectivity index (χ3n) is 3.54. The zero-order chi connectivity index (χ0) is 13.9. The van der Waals surface area contributed by atoms with E-state index < -0.39 is 0 Å². The summed E-state index contributed by atoms with van der Waals surface area (Å²) in [7, 11) is 1.90. The minimum Gasteiger partial charge on any atom is -0.379 e. The molecule has 2 heterocycles. The predicted molar refractivity (Wildman–Crippen MR) is 78.6 cm³/mol. The monoisotopic (exact) mass is 295 g/mol. The van der Waals surface area contributed by atoms with Gasteiger partial charge in [0.25, 0.3) is 0 Å². The van der Waals surface area contributed by atoms with Crippen LogP contribution in [0.15, 0.2) is 18.2 Å². The average Bonchev–Trinajstić information content (AvgIpc) is 3.05. The standard InChI is InChI=1S/C15H18FNO2S/c1-17-7-14-11(9-19-10-5-6-18-8-10)15-12(16)3-2-4-13(15)20-14/h2-4,10,17H,5-9H2,1H3. The van der Waals surface area contributed by atoms with Crippen LogP contribution in [0.25, 0.3) is 10.1 Å². The van der Waals surface area contributed by atoms with E-state index in [4.69, 9.17) is 9.47 Å². The van der Waals surface area contributed by atoms with Gasteiger partial charge in [-0.3, -0.25) is 0 Å². The van der Waals surface area contributed by atoms with E-state index in [-0.39, 0.29) is 11.9 Å². The summed E-state index contributed by atoms with van der Waals surface area (Å²) in [5.41, 5.74) is 0.976. The maximum Gasteiger partial charge on any atom is 0.132 e. The van der Waals surface area contributed by atoms with Gasteiger partial charge in [0.2, 0.25) is 0 Å². The van der Waals surface area contributed by atoms with E-state index in [2.05, 4.69) is 5.32 Å². The molecule has 0 saturated carbocycles. The largest absolute Gasteiger partial charge is 0.379 e. The molecule has 3 nitrogen and oxygen atoms in total. The van der Waals surface area contributed by atoms with Crippen molar-refractivity contribution in [1.29, 1.82) is 0 Å². The topological polar surface area (TPSA) is 30.5 Å². The fourth-order valence-electron chi connectivity index (χ4n) is 2.52. The Morgan fingerprint density at radius 2 is 2.40 bits per heavy atom. The SMILES string of the molecule is CNCc1sc2cccc(F)c2c1COC1CCOC1. The van der Waals surface area contributed by atoms with Crippen LogP contribution in [-0.4, -0.2) is 26.4 Å². The molecule has 2 aromatic rings. The van der Waals surface area contributed by atoms with Crippen LogP contribution in [-0.2, 0) is 22.6 Å². The van der Waals surface area contributed by atoms with E-state index in [1.807, 2.05) is 13.1 Å². The highest BCUT2D eigenvalue weighted by Gasteiger charge is 2.20. The lowest BCUT2D eigenvalue weighted by molar-refractivity contribution is 0.0320. The summed E-state index contributed by atoms with van der Waals surface area (Å²) >= 11 is 1.63. The van der Waals surface area contributed by atoms with Crippen molar-refractivity contribution in [2.75, 3.05) is 20.3 Å². The van der Waals surface area contributed by atoms with Crippen molar-refractivity contribution in [1.82, 2.24) is 5.32 Å². The molecule has 108 valence electrons. The van der Waals surface area contributed by atoms with Crippen LogP contribution in [0.2, 0.25) is 0 Å². The lowest BCUT2D eigenvalue weighted by Gasteiger charge is -2.11. The van der Waals surface area contributed by atoms with Crippen LogP contribution in [0.1, 0.15) is 16.9 Å². The molecule has 5 heteroatoms. The molecular weight excluding hydrogens is 277 g/mol. The Bertz CT molecular complexity index is 593.